The van der Waals surface area contributed by atoms with E-state index in [1.807, 2.05) is 60.1 Å². The summed E-state index contributed by atoms with van der Waals surface area (Å²) in [5, 5.41) is 5.70. The van der Waals surface area contributed by atoms with Gasteiger partial charge in [-0.2, -0.15) is 0 Å². The van der Waals surface area contributed by atoms with Crippen molar-refractivity contribution in [3.05, 3.63) is 71.9 Å². The number of rotatable bonds is 7. The van der Waals surface area contributed by atoms with Crippen molar-refractivity contribution < 1.29 is 9.18 Å². The summed E-state index contributed by atoms with van der Waals surface area (Å²) in [5.74, 6) is -0.281. The van der Waals surface area contributed by atoms with Crippen LogP contribution in [0, 0.1) is 5.82 Å². The molecule has 0 saturated heterocycles. The van der Waals surface area contributed by atoms with E-state index < -0.39 is 0 Å². The zero-order valence-corrected chi connectivity index (χ0v) is 15.5. The highest BCUT2D eigenvalue weighted by Gasteiger charge is 2.15. The molecule has 1 atom stereocenters. The van der Waals surface area contributed by atoms with Crippen LogP contribution in [0.3, 0.4) is 0 Å². The van der Waals surface area contributed by atoms with Crippen molar-refractivity contribution in [1.82, 2.24) is 24.9 Å². The number of amides is 2. The number of aromatic nitrogens is 2. The summed E-state index contributed by atoms with van der Waals surface area (Å²) in [6.45, 7) is 0.874. The fraction of sp³-hybridized carbons (Fsp3) is 0.300. The summed E-state index contributed by atoms with van der Waals surface area (Å²) in [5.41, 5.74) is 2.64. The smallest absolute Gasteiger partial charge is 0.314 e. The second kappa shape index (κ2) is 8.64. The van der Waals surface area contributed by atoms with Crippen molar-refractivity contribution >= 4 is 11.7 Å². The quantitative estimate of drug-likeness (QED) is 0.673. The lowest BCUT2D eigenvalue weighted by Gasteiger charge is -2.25. The normalized spacial score (nSPS) is 12.3. The third-order valence-electron chi connectivity index (χ3n) is 4.39. The number of imidazole rings is 1. The van der Waals surface area contributed by atoms with Gasteiger partial charge in [-0.15, -0.1) is 0 Å². The molecule has 2 N–H and O–H groups in total. The van der Waals surface area contributed by atoms with Gasteiger partial charge in [-0.1, -0.05) is 18.2 Å². The Morgan fingerprint density at radius 1 is 1.22 bits per heavy atom. The molecule has 0 saturated carbocycles. The Kier molecular flexibility index (Phi) is 6.03. The van der Waals surface area contributed by atoms with Crippen LogP contribution >= 0.6 is 0 Å². The van der Waals surface area contributed by atoms with Gasteiger partial charge in [0.05, 0.1) is 11.7 Å². The van der Waals surface area contributed by atoms with Gasteiger partial charge in [0.1, 0.15) is 11.5 Å². The molecule has 2 amide bonds. The number of halogens is 1. The van der Waals surface area contributed by atoms with Gasteiger partial charge in [-0.25, -0.2) is 14.2 Å². The number of urea groups is 1. The number of nitrogens with one attached hydrogen (secondary N) is 2. The third kappa shape index (κ3) is 5.04. The van der Waals surface area contributed by atoms with Crippen molar-refractivity contribution in [3.8, 4) is 0 Å². The molecule has 2 heterocycles. The second-order valence-electron chi connectivity index (χ2n) is 6.62. The number of hydrogen-bond donors (Lipinski definition) is 2. The van der Waals surface area contributed by atoms with Gasteiger partial charge in [0, 0.05) is 31.9 Å². The van der Waals surface area contributed by atoms with E-state index in [2.05, 4.69) is 15.6 Å². The van der Waals surface area contributed by atoms with Crippen LogP contribution in [-0.2, 0) is 6.42 Å². The van der Waals surface area contributed by atoms with Crippen LogP contribution in [-0.4, -0.2) is 47.5 Å². The van der Waals surface area contributed by atoms with E-state index in [0.29, 0.717) is 19.5 Å². The zero-order valence-electron chi connectivity index (χ0n) is 15.5. The minimum atomic E-state index is -0.281. The molecule has 3 aromatic rings. The van der Waals surface area contributed by atoms with Crippen LogP contribution in [0.25, 0.3) is 5.65 Å². The molecular weight excluding hydrogens is 345 g/mol. The SMILES string of the molecule is CN(C)[C@@H](CNC(=O)NCCc1cn2ccccc2n1)c1cccc(F)c1. The van der Waals surface area contributed by atoms with E-state index in [9.17, 15) is 9.18 Å². The maximum atomic E-state index is 13.5. The summed E-state index contributed by atoms with van der Waals surface area (Å²) >= 11 is 0. The van der Waals surface area contributed by atoms with Gasteiger partial charge in [0.25, 0.3) is 0 Å². The highest BCUT2D eigenvalue weighted by molar-refractivity contribution is 5.73. The molecule has 0 aliphatic rings. The highest BCUT2D eigenvalue weighted by Crippen LogP contribution is 2.18. The van der Waals surface area contributed by atoms with Crippen LogP contribution in [0.1, 0.15) is 17.3 Å². The molecule has 0 bridgehead atoms. The molecule has 0 radical (unpaired) electrons. The molecule has 27 heavy (non-hydrogen) atoms. The molecule has 7 heteroatoms. The van der Waals surface area contributed by atoms with Crippen LogP contribution < -0.4 is 10.6 Å². The number of benzene rings is 1. The van der Waals surface area contributed by atoms with E-state index in [1.54, 1.807) is 6.07 Å². The Morgan fingerprint density at radius 2 is 2.07 bits per heavy atom. The molecule has 6 nitrogen and oxygen atoms in total. The Morgan fingerprint density at radius 3 is 2.81 bits per heavy atom. The number of pyridine rings is 1. The van der Waals surface area contributed by atoms with Crippen molar-refractivity contribution in [1.29, 1.82) is 0 Å². The predicted molar refractivity (Wildman–Crippen MR) is 103 cm³/mol. The lowest BCUT2D eigenvalue weighted by molar-refractivity contribution is 0.233. The summed E-state index contributed by atoms with van der Waals surface area (Å²) in [6.07, 6.45) is 4.55. The first-order chi connectivity index (χ1) is 13.0. The number of carbonyl (C=O) groups excluding carboxylic acids is 1. The summed E-state index contributed by atoms with van der Waals surface area (Å²) in [4.78, 5) is 18.5. The number of fused-ring (bicyclic) bond motifs is 1. The van der Waals surface area contributed by atoms with E-state index in [0.717, 1.165) is 16.9 Å². The highest BCUT2D eigenvalue weighted by atomic mass is 19.1. The molecule has 3 rings (SSSR count). The standard InChI is InChI=1S/C20H24FN5O/c1-25(2)18(15-6-5-7-16(21)12-15)13-23-20(27)22-10-9-17-14-26-11-4-3-8-19(26)24-17/h3-8,11-12,14,18H,9-10,13H2,1-2H3,(H2,22,23,27)/t18-/m0/s1. The minimum Gasteiger partial charge on any atom is -0.338 e. The van der Waals surface area contributed by atoms with Crippen LogP contribution in [0.2, 0.25) is 0 Å². The molecule has 2 aromatic heterocycles. The average molecular weight is 369 g/mol. The van der Waals surface area contributed by atoms with Gasteiger partial charge in [-0.3, -0.25) is 0 Å². The number of carbonyl (C=O) groups is 1. The molecule has 1 aromatic carbocycles. The number of likely N-dealkylation sites (N-methyl/N-ethyl adjacent to an activating group) is 1. The monoisotopic (exact) mass is 369 g/mol. The third-order valence-corrected chi connectivity index (χ3v) is 4.39. The maximum absolute atomic E-state index is 13.5. The Balaban J connectivity index is 1.48. The van der Waals surface area contributed by atoms with Gasteiger partial charge in [-0.05, 0) is 43.9 Å². The van der Waals surface area contributed by atoms with Crippen molar-refractivity contribution in [3.63, 3.8) is 0 Å². The Bertz CT molecular complexity index is 875. The van der Waals surface area contributed by atoms with E-state index >= 15 is 0 Å². The van der Waals surface area contributed by atoms with Crippen molar-refractivity contribution in [2.24, 2.45) is 0 Å². The molecule has 0 unspecified atom stereocenters. The summed E-state index contributed by atoms with van der Waals surface area (Å²) < 4.78 is 15.4. The fourth-order valence-electron chi connectivity index (χ4n) is 2.98. The Hall–Kier alpha value is -2.93. The lowest BCUT2D eigenvalue weighted by Crippen LogP contribution is -2.41. The summed E-state index contributed by atoms with van der Waals surface area (Å²) in [7, 11) is 3.80. The zero-order chi connectivity index (χ0) is 19.2. The number of nitrogens with zero attached hydrogens (tertiary/aromatic N) is 3. The first-order valence-electron chi connectivity index (χ1n) is 8.89. The minimum absolute atomic E-state index is 0.107. The summed E-state index contributed by atoms with van der Waals surface area (Å²) in [6, 6.07) is 11.9. The first kappa shape index (κ1) is 18.8. The molecular formula is C20H24FN5O. The lowest BCUT2D eigenvalue weighted by atomic mass is 10.1. The first-order valence-corrected chi connectivity index (χ1v) is 8.89. The Labute approximate surface area is 158 Å². The van der Waals surface area contributed by atoms with Gasteiger partial charge >= 0.3 is 6.03 Å². The van der Waals surface area contributed by atoms with E-state index in [1.165, 1.54) is 12.1 Å². The van der Waals surface area contributed by atoms with Gasteiger partial charge < -0.3 is 19.9 Å². The van der Waals surface area contributed by atoms with Crippen LogP contribution in [0.15, 0.2) is 54.9 Å². The van der Waals surface area contributed by atoms with Crippen LogP contribution in [0.5, 0.6) is 0 Å². The molecule has 142 valence electrons. The molecule has 0 spiro atoms. The van der Waals surface area contributed by atoms with Crippen molar-refractivity contribution in [2.45, 2.75) is 12.5 Å². The van der Waals surface area contributed by atoms with Gasteiger partial charge in [0.2, 0.25) is 0 Å². The fourth-order valence-corrected chi connectivity index (χ4v) is 2.98. The van der Waals surface area contributed by atoms with Crippen LogP contribution in [0.4, 0.5) is 9.18 Å². The van der Waals surface area contributed by atoms with E-state index in [4.69, 9.17) is 0 Å². The second-order valence-corrected chi connectivity index (χ2v) is 6.62. The largest absolute Gasteiger partial charge is 0.338 e. The molecule has 0 fully saturated rings. The van der Waals surface area contributed by atoms with Gasteiger partial charge in [0.15, 0.2) is 0 Å². The maximum Gasteiger partial charge on any atom is 0.314 e. The van der Waals surface area contributed by atoms with E-state index in [-0.39, 0.29) is 17.9 Å². The topological polar surface area (TPSA) is 61.7 Å². The predicted octanol–water partition coefficient (Wildman–Crippen LogP) is 2.62. The number of hydrogen-bond acceptors (Lipinski definition) is 3. The van der Waals surface area contributed by atoms with Crippen molar-refractivity contribution in [2.75, 3.05) is 27.2 Å². The molecule has 0 aliphatic heterocycles. The average Bonchev–Trinajstić information content (AvgIpc) is 3.04. The molecule has 0 aliphatic carbocycles.